The Morgan fingerprint density at radius 3 is 2.26 bits per heavy atom. The summed E-state index contributed by atoms with van der Waals surface area (Å²) in [5, 5.41) is 7.92. The van der Waals surface area contributed by atoms with Crippen LogP contribution in [0.15, 0.2) is 91.1 Å². The molecular formula is C29H28N4O2. The van der Waals surface area contributed by atoms with Crippen LogP contribution >= 0.6 is 0 Å². The molecule has 6 heteroatoms. The predicted octanol–water partition coefficient (Wildman–Crippen LogP) is 4.88. The van der Waals surface area contributed by atoms with E-state index in [1.807, 2.05) is 96.9 Å². The number of hydrogen-bond donors (Lipinski definition) is 1. The Bertz CT molecular complexity index is 1320. The number of rotatable bonds is 5. The van der Waals surface area contributed by atoms with E-state index in [4.69, 9.17) is 5.10 Å². The Kier molecular flexibility index (Phi) is 6.44. The summed E-state index contributed by atoms with van der Waals surface area (Å²) < 4.78 is 1.78. The standard InChI is InChI=1S/C29H28N4O2/c1-21-9-8-12-23(19-21)27-26(20-33(31-27)25-13-6-3-7-14-25)29(35)32-17-15-24(16-18-32)30-28(34)22-10-4-2-5-11-22/h2-14,19-20,24H,15-18H2,1H3,(H,30,34). The Balaban J connectivity index is 1.34. The van der Waals surface area contributed by atoms with Gasteiger partial charge in [-0.15, -0.1) is 0 Å². The molecular weight excluding hydrogens is 436 g/mol. The molecule has 0 bridgehead atoms. The minimum absolute atomic E-state index is 0.0310. The molecule has 5 rings (SSSR count). The van der Waals surface area contributed by atoms with Gasteiger partial charge < -0.3 is 10.2 Å². The van der Waals surface area contributed by atoms with Crippen molar-refractivity contribution in [1.82, 2.24) is 20.0 Å². The zero-order chi connectivity index (χ0) is 24.2. The molecule has 0 unspecified atom stereocenters. The summed E-state index contributed by atoms with van der Waals surface area (Å²) in [7, 11) is 0. The molecule has 2 heterocycles. The van der Waals surface area contributed by atoms with E-state index in [-0.39, 0.29) is 17.9 Å². The molecule has 1 aromatic heterocycles. The zero-order valence-corrected chi connectivity index (χ0v) is 19.7. The number of likely N-dealkylation sites (tertiary alicyclic amines) is 1. The van der Waals surface area contributed by atoms with E-state index < -0.39 is 0 Å². The SMILES string of the molecule is Cc1cccc(-c2nn(-c3ccccc3)cc2C(=O)N2CCC(NC(=O)c3ccccc3)CC2)c1. The molecule has 176 valence electrons. The van der Waals surface area contributed by atoms with E-state index in [0.717, 1.165) is 29.7 Å². The summed E-state index contributed by atoms with van der Waals surface area (Å²) in [6.45, 7) is 3.21. The van der Waals surface area contributed by atoms with E-state index in [1.165, 1.54) is 0 Å². The first-order valence-electron chi connectivity index (χ1n) is 12.0. The van der Waals surface area contributed by atoms with Crippen molar-refractivity contribution in [2.24, 2.45) is 0 Å². The molecule has 0 saturated carbocycles. The lowest BCUT2D eigenvalue weighted by atomic mass is 10.0. The van der Waals surface area contributed by atoms with E-state index in [9.17, 15) is 9.59 Å². The first kappa shape index (κ1) is 22.6. The Morgan fingerprint density at radius 2 is 1.57 bits per heavy atom. The Morgan fingerprint density at radius 1 is 0.886 bits per heavy atom. The van der Waals surface area contributed by atoms with Gasteiger partial charge in [0, 0.05) is 36.5 Å². The van der Waals surface area contributed by atoms with Crippen molar-refractivity contribution in [3.05, 3.63) is 108 Å². The topological polar surface area (TPSA) is 67.2 Å². The molecule has 0 aliphatic carbocycles. The van der Waals surface area contributed by atoms with E-state index >= 15 is 0 Å². The highest BCUT2D eigenvalue weighted by Gasteiger charge is 2.28. The van der Waals surface area contributed by atoms with Crippen molar-refractivity contribution in [2.75, 3.05) is 13.1 Å². The van der Waals surface area contributed by atoms with E-state index in [2.05, 4.69) is 11.4 Å². The summed E-state index contributed by atoms with van der Waals surface area (Å²) in [6, 6.07) is 27.2. The van der Waals surface area contributed by atoms with Crippen molar-refractivity contribution < 1.29 is 9.59 Å². The van der Waals surface area contributed by atoms with Crippen LogP contribution in [-0.2, 0) is 0 Å². The van der Waals surface area contributed by atoms with Gasteiger partial charge in [0.25, 0.3) is 11.8 Å². The zero-order valence-electron chi connectivity index (χ0n) is 19.7. The fourth-order valence-corrected chi connectivity index (χ4v) is 4.50. The van der Waals surface area contributed by atoms with Crippen LogP contribution in [0.3, 0.4) is 0 Å². The summed E-state index contributed by atoms with van der Waals surface area (Å²) in [5.74, 6) is -0.0993. The van der Waals surface area contributed by atoms with Crippen molar-refractivity contribution >= 4 is 11.8 Å². The van der Waals surface area contributed by atoms with Crippen molar-refractivity contribution in [2.45, 2.75) is 25.8 Å². The third-order valence-corrected chi connectivity index (χ3v) is 6.41. The second-order valence-electron chi connectivity index (χ2n) is 8.95. The highest BCUT2D eigenvalue weighted by molar-refractivity contribution is 6.00. The van der Waals surface area contributed by atoms with Crippen LogP contribution in [0, 0.1) is 6.92 Å². The highest BCUT2D eigenvalue weighted by Crippen LogP contribution is 2.27. The number of nitrogens with zero attached hydrogens (tertiary/aromatic N) is 3. The molecule has 3 aromatic carbocycles. The van der Waals surface area contributed by atoms with Crippen LogP contribution in [0.25, 0.3) is 16.9 Å². The van der Waals surface area contributed by atoms with Gasteiger partial charge in [0.1, 0.15) is 5.69 Å². The first-order valence-corrected chi connectivity index (χ1v) is 12.0. The maximum Gasteiger partial charge on any atom is 0.257 e. The van der Waals surface area contributed by atoms with Gasteiger partial charge in [0.2, 0.25) is 0 Å². The predicted molar refractivity (Wildman–Crippen MR) is 137 cm³/mol. The monoisotopic (exact) mass is 464 g/mol. The maximum absolute atomic E-state index is 13.7. The molecule has 1 aliphatic rings. The molecule has 4 aromatic rings. The number of aromatic nitrogens is 2. The number of carbonyl (C=O) groups is 2. The van der Waals surface area contributed by atoms with Gasteiger partial charge in [-0.1, -0.05) is 60.2 Å². The van der Waals surface area contributed by atoms with Gasteiger partial charge in [0.15, 0.2) is 0 Å². The number of carbonyl (C=O) groups excluding carboxylic acids is 2. The van der Waals surface area contributed by atoms with Crippen molar-refractivity contribution in [3.63, 3.8) is 0 Å². The molecule has 1 fully saturated rings. The molecule has 6 nitrogen and oxygen atoms in total. The maximum atomic E-state index is 13.7. The van der Waals surface area contributed by atoms with Crippen LogP contribution in [0.5, 0.6) is 0 Å². The van der Waals surface area contributed by atoms with E-state index in [0.29, 0.717) is 29.9 Å². The summed E-state index contributed by atoms with van der Waals surface area (Å²) in [4.78, 5) is 28.0. The number of para-hydroxylation sites is 1. The molecule has 0 atom stereocenters. The molecule has 0 spiro atoms. The molecule has 35 heavy (non-hydrogen) atoms. The van der Waals surface area contributed by atoms with Gasteiger partial charge in [-0.3, -0.25) is 9.59 Å². The Hall–Kier alpha value is -4.19. The van der Waals surface area contributed by atoms with Crippen molar-refractivity contribution in [1.29, 1.82) is 0 Å². The van der Waals surface area contributed by atoms with Crippen molar-refractivity contribution in [3.8, 4) is 16.9 Å². The second kappa shape index (κ2) is 9.97. The Labute approximate surface area is 205 Å². The van der Waals surface area contributed by atoms with Gasteiger partial charge in [-0.05, 0) is 50.1 Å². The third kappa shape index (κ3) is 5.01. The number of piperidine rings is 1. The fraction of sp³-hybridized carbons (Fsp3) is 0.207. The number of benzene rings is 3. The minimum atomic E-state index is -0.0683. The van der Waals surface area contributed by atoms with Crippen LogP contribution in [0.4, 0.5) is 0 Å². The highest BCUT2D eigenvalue weighted by atomic mass is 16.2. The quantitative estimate of drug-likeness (QED) is 0.458. The number of amides is 2. The van der Waals surface area contributed by atoms with Gasteiger partial charge >= 0.3 is 0 Å². The molecule has 2 amide bonds. The number of aryl methyl sites for hydroxylation is 1. The number of nitrogens with one attached hydrogen (secondary N) is 1. The van der Waals surface area contributed by atoms with Crippen LogP contribution in [0.1, 0.15) is 39.1 Å². The average Bonchev–Trinajstić information content (AvgIpc) is 3.35. The van der Waals surface area contributed by atoms with Crippen LogP contribution < -0.4 is 5.32 Å². The minimum Gasteiger partial charge on any atom is -0.349 e. The largest absolute Gasteiger partial charge is 0.349 e. The van der Waals surface area contributed by atoms with Gasteiger partial charge in [0.05, 0.1) is 11.3 Å². The molecule has 1 N–H and O–H groups in total. The van der Waals surface area contributed by atoms with Gasteiger partial charge in [-0.25, -0.2) is 4.68 Å². The lowest BCUT2D eigenvalue weighted by Gasteiger charge is -2.32. The van der Waals surface area contributed by atoms with Crippen LogP contribution in [0.2, 0.25) is 0 Å². The fourth-order valence-electron chi connectivity index (χ4n) is 4.50. The second-order valence-corrected chi connectivity index (χ2v) is 8.95. The van der Waals surface area contributed by atoms with Gasteiger partial charge in [-0.2, -0.15) is 5.10 Å². The summed E-state index contributed by atoms with van der Waals surface area (Å²) in [5.41, 5.74) is 4.87. The first-order chi connectivity index (χ1) is 17.1. The lowest BCUT2D eigenvalue weighted by Crippen LogP contribution is -2.46. The average molecular weight is 465 g/mol. The van der Waals surface area contributed by atoms with Crippen LogP contribution in [-0.4, -0.2) is 45.6 Å². The smallest absolute Gasteiger partial charge is 0.257 e. The molecule has 0 radical (unpaired) electrons. The summed E-state index contributed by atoms with van der Waals surface area (Å²) in [6.07, 6.45) is 3.27. The lowest BCUT2D eigenvalue weighted by molar-refractivity contribution is 0.0699. The molecule has 1 aliphatic heterocycles. The third-order valence-electron chi connectivity index (χ3n) is 6.41. The normalized spacial score (nSPS) is 14.0. The molecule has 1 saturated heterocycles. The summed E-state index contributed by atoms with van der Waals surface area (Å²) >= 11 is 0. The van der Waals surface area contributed by atoms with E-state index in [1.54, 1.807) is 4.68 Å². The number of hydrogen-bond acceptors (Lipinski definition) is 3.